The third kappa shape index (κ3) is 5.03. The normalized spacial score (nSPS) is 22.7. The Morgan fingerprint density at radius 2 is 2.00 bits per heavy atom. The summed E-state index contributed by atoms with van der Waals surface area (Å²) in [5.41, 5.74) is 0. The molecule has 0 aliphatic carbocycles. The number of carboxylic acid groups (broad SMARTS) is 1. The van der Waals surface area contributed by atoms with E-state index >= 15 is 0 Å². The molecule has 2 atom stereocenters. The smallest absolute Gasteiger partial charge is 0.332 e. The monoisotopic (exact) mass is 294 g/mol. The highest BCUT2D eigenvalue weighted by atomic mass is 32.2. The molecule has 8 nitrogen and oxygen atoms in total. The number of aliphatic hydroxyl groups excluding tert-OH is 1. The van der Waals surface area contributed by atoms with Crippen LogP contribution in [-0.2, 0) is 14.6 Å². The molecule has 1 heterocycles. The van der Waals surface area contributed by atoms with Gasteiger partial charge in [0, 0.05) is 19.5 Å². The summed E-state index contributed by atoms with van der Waals surface area (Å²) in [7, 11) is -3.09. The van der Waals surface area contributed by atoms with Gasteiger partial charge < -0.3 is 20.8 Å². The van der Waals surface area contributed by atoms with E-state index in [-0.39, 0.29) is 25.3 Å². The van der Waals surface area contributed by atoms with Crippen molar-refractivity contribution in [1.29, 1.82) is 0 Å². The van der Waals surface area contributed by atoms with E-state index in [1.807, 2.05) is 0 Å². The summed E-state index contributed by atoms with van der Waals surface area (Å²) in [6, 6.07) is -0.570. The molecule has 0 aromatic rings. The topological polar surface area (TPSA) is 133 Å². The van der Waals surface area contributed by atoms with Crippen LogP contribution in [0.2, 0.25) is 0 Å². The largest absolute Gasteiger partial charge is 0.479 e. The number of aliphatic carboxylic acids is 1. The molecular weight excluding hydrogens is 276 g/mol. The quantitative estimate of drug-likeness (QED) is 0.481. The van der Waals surface area contributed by atoms with Crippen molar-refractivity contribution in [1.82, 2.24) is 10.6 Å². The van der Waals surface area contributed by atoms with E-state index in [2.05, 4.69) is 10.6 Å². The molecule has 1 aliphatic heterocycles. The van der Waals surface area contributed by atoms with Gasteiger partial charge in [-0.2, -0.15) is 0 Å². The fourth-order valence-electron chi connectivity index (χ4n) is 1.80. The molecule has 0 saturated carbocycles. The van der Waals surface area contributed by atoms with Gasteiger partial charge in [-0.15, -0.1) is 0 Å². The van der Waals surface area contributed by atoms with Gasteiger partial charge in [0.15, 0.2) is 15.9 Å². The molecule has 2 amide bonds. The lowest BCUT2D eigenvalue weighted by molar-refractivity contribution is -0.146. The van der Waals surface area contributed by atoms with E-state index in [0.29, 0.717) is 12.8 Å². The first-order chi connectivity index (χ1) is 8.83. The average Bonchev–Trinajstić information content (AvgIpc) is 2.65. The summed E-state index contributed by atoms with van der Waals surface area (Å²) in [5, 5.41) is 21.6. The number of hydrogen-bond acceptors (Lipinski definition) is 5. The van der Waals surface area contributed by atoms with Crippen molar-refractivity contribution < 1.29 is 28.2 Å². The molecule has 0 spiro atoms. The second-order valence-electron chi connectivity index (χ2n) is 4.41. The first-order valence-corrected chi connectivity index (χ1v) is 7.68. The zero-order valence-electron chi connectivity index (χ0n) is 10.3. The number of carbonyl (C=O) groups excluding carboxylic acids is 1. The maximum atomic E-state index is 11.5. The molecule has 0 aromatic carbocycles. The van der Waals surface area contributed by atoms with Gasteiger partial charge in [-0.05, 0) is 12.8 Å². The Morgan fingerprint density at radius 3 is 2.53 bits per heavy atom. The van der Waals surface area contributed by atoms with E-state index in [4.69, 9.17) is 10.2 Å². The Balaban J connectivity index is 2.20. The Bertz CT molecular complexity index is 435. The first kappa shape index (κ1) is 15.7. The van der Waals surface area contributed by atoms with Crippen molar-refractivity contribution >= 4 is 21.8 Å². The Hall–Kier alpha value is -1.35. The van der Waals surface area contributed by atoms with Crippen LogP contribution in [0.25, 0.3) is 0 Å². The van der Waals surface area contributed by atoms with Crippen molar-refractivity contribution in [2.24, 2.45) is 0 Å². The van der Waals surface area contributed by atoms with Crippen molar-refractivity contribution in [3.05, 3.63) is 0 Å². The minimum absolute atomic E-state index is 0.00326. The van der Waals surface area contributed by atoms with Gasteiger partial charge >= 0.3 is 12.0 Å². The van der Waals surface area contributed by atoms with Crippen molar-refractivity contribution in [3.8, 4) is 0 Å². The number of amides is 2. The molecule has 4 N–H and O–H groups in total. The molecule has 0 aromatic heterocycles. The number of hydrogen-bond donors (Lipinski definition) is 4. The Kier molecular flexibility index (Phi) is 5.55. The lowest BCUT2D eigenvalue weighted by Gasteiger charge is -2.12. The molecule has 1 fully saturated rings. The second-order valence-corrected chi connectivity index (χ2v) is 6.81. The highest BCUT2D eigenvalue weighted by Gasteiger charge is 2.31. The van der Waals surface area contributed by atoms with Gasteiger partial charge in [0.1, 0.15) is 0 Å². The standard InChI is InChI=1S/C10H18N2O6S/c13-8(9(14)15)3-4-11-10(16)12-6-7-2-1-5-19(7,17)18/h7-8,13H,1-6H2,(H,14,15)(H2,11,12,16). The minimum Gasteiger partial charge on any atom is -0.479 e. The molecule has 1 rings (SSSR count). The summed E-state index contributed by atoms with van der Waals surface area (Å²) in [6.07, 6.45) is -0.471. The zero-order valence-corrected chi connectivity index (χ0v) is 11.1. The summed E-state index contributed by atoms with van der Waals surface area (Å²) in [6.45, 7) is 0.0480. The maximum Gasteiger partial charge on any atom is 0.332 e. The van der Waals surface area contributed by atoms with E-state index in [9.17, 15) is 18.0 Å². The summed E-state index contributed by atoms with van der Waals surface area (Å²) in [4.78, 5) is 21.6. The van der Waals surface area contributed by atoms with Crippen molar-refractivity contribution in [3.63, 3.8) is 0 Å². The van der Waals surface area contributed by atoms with E-state index in [1.165, 1.54) is 0 Å². The second kappa shape index (κ2) is 6.71. The van der Waals surface area contributed by atoms with Crippen LogP contribution in [0.4, 0.5) is 4.79 Å². The SMILES string of the molecule is O=C(NCCC(O)C(=O)O)NCC1CCCS1(=O)=O. The number of rotatable bonds is 6. The predicted molar refractivity (Wildman–Crippen MR) is 66.5 cm³/mol. The fraction of sp³-hybridized carbons (Fsp3) is 0.800. The van der Waals surface area contributed by atoms with Gasteiger partial charge in [0.25, 0.3) is 0 Å². The van der Waals surface area contributed by atoms with Crippen LogP contribution in [0.15, 0.2) is 0 Å². The van der Waals surface area contributed by atoms with E-state index < -0.39 is 33.2 Å². The number of carbonyl (C=O) groups is 2. The van der Waals surface area contributed by atoms with Gasteiger partial charge in [0.05, 0.1) is 11.0 Å². The lowest BCUT2D eigenvalue weighted by atomic mass is 10.2. The van der Waals surface area contributed by atoms with Gasteiger partial charge in [-0.25, -0.2) is 18.0 Å². The maximum absolute atomic E-state index is 11.5. The molecule has 0 radical (unpaired) electrons. The van der Waals surface area contributed by atoms with Gasteiger partial charge in [-0.3, -0.25) is 0 Å². The predicted octanol–water partition coefficient (Wildman–Crippen LogP) is -1.30. The highest BCUT2D eigenvalue weighted by Crippen LogP contribution is 2.18. The van der Waals surface area contributed by atoms with Crippen LogP contribution in [0.5, 0.6) is 0 Å². The fourth-order valence-corrected chi connectivity index (χ4v) is 3.57. The van der Waals surface area contributed by atoms with Crippen LogP contribution in [0, 0.1) is 0 Å². The number of carboxylic acids is 1. The van der Waals surface area contributed by atoms with E-state index in [0.717, 1.165) is 0 Å². The summed E-state index contributed by atoms with van der Waals surface area (Å²) < 4.78 is 23.0. The zero-order chi connectivity index (χ0) is 14.5. The van der Waals surface area contributed by atoms with Gasteiger partial charge in [-0.1, -0.05) is 0 Å². The molecule has 1 aliphatic rings. The van der Waals surface area contributed by atoms with Crippen molar-refractivity contribution in [2.45, 2.75) is 30.6 Å². The van der Waals surface area contributed by atoms with Crippen LogP contribution in [-0.4, -0.2) is 60.8 Å². The molecule has 9 heteroatoms. The Labute approximate surface area is 111 Å². The third-order valence-corrected chi connectivity index (χ3v) is 5.22. The lowest BCUT2D eigenvalue weighted by Crippen LogP contribution is -2.42. The van der Waals surface area contributed by atoms with Gasteiger partial charge in [0.2, 0.25) is 0 Å². The molecule has 19 heavy (non-hydrogen) atoms. The van der Waals surface area contributed by atoms with Crippen LogP contribution >= 0.6 is 0 Å². The summed E-state index contributed by atoms with van der Waals surface area (Å²) in [5.74, 6) is -1.19. The highest BCUT2D eigenvalue weighted by molar-refractivity contribution is 7.92. The number of urea groups is 1. The number of sulfone groups is 1. The molecule has 2 unspecified atom stereocenters. The minimum atomic E-state index is -3.09. The van der Waals surface area contributed by atoms with Crippen molar-refractivity contribution in [2.75, 3.05) is 18.8 Å². The van der Waals surface area contributed by atoms with Crippen LogP contribution in [0.1, 0.15) is 19.3 Å². The van der Waals surface area contributed by atoms with E-state index in [1.54, 1.807) is 0 Å². The molecule has 1 saturated heterocycles. The van der Waals surface area contributed by atoms with Crippen LogP contribution in [0.3, 0.4) is 0 Å². The average molecular weight is 294 g/mol. The van der Waals surface area contributed by atoms with Crippen LogP contribution < -0.4 is 10.6 Å². The molecular formula is C10H18N2O6S. The Morgan fingerprint density at radius 1 is 1.32 bits per heavy atom. The molecule has 110 valence electrons. The number of aliphatic hydroxyl groups is 1. The molecule has 0 bridgehead atoms. The third-order valence-electron chi connectivity index (χ3n) is 2.94. The number of nitrogens with one attached hydrogen (secondary N) is 2. The first-order valence-electron chi connectivity index (χ1n) is 5.97. The summed E-state index contributed by atoms with van der Waals surface area (Å²) >= 11 is 0.